The second-order valence-corrected chi connectivity index (χ2v) is 2.01. The number of rotatable bonds is 1. The average molecular weight is 402 g/mol. The fraction of sp³-hybridized carbons (Fsp3) is 0. The molecular weight excluding hydrogens is 399 g/mol. The SMILES string of the molecule is C=C(I)C(=O)O.[Tl]. The Bertz CT molecular complexity index is 78.9. The Labute approximate surface area is 75.3 Å². The summed E-state index contributed by atoms with van der Waals surface area (Å²) in [6.45, 7) is 3.14. The monoisotopic (exact) mass is 403 g/mol. The number of hydrogen-bond acceptors (Lipinski definition) is 1. The van der Waals surface area contributed by atoms with Gasteiger partial charge in [-0.3, -0.25) is 0 Å². The van der Waals surface area contributed by atoms with Gasteiger partial charge in [0, 0.05) is 27.3 Å². The summed E-state index contributed by atoms with van der Waals surface area (Å²) in [6.07, 6.45) is 0. The minimum absolute atomic E-state index is 0. The molecular formula is C3H3IO2Tl. The normalized spacial score (nSPS) is 6.43. The van der Waals surface area contributed by atoms with Crippen molar-refractivity contribution in [3.63, 3.8) is 0 Å². The fourth-order valence-electron chi connectivity index (χ4n) is 0. The smallest absolute Gasteiger partial charge is 0.341 e. The predicted molar refractivity (Wildman–Crippen MR) is 36.5 cm³/mol. The Balaban J connectivity index is 0. The van der Waals surface area contributed by atoms with Crippen LogP contribution >= 0.6 is 22.6 Å². The molecule has 0 saturated carbocycles. The summed E-state index contributed by atoms with van der Waals surface area (Å²) in [6, 6.07) is 0. The van der Waals surface area contributed by atoms with Gasteiger partial charge in [-0.05, 0) is 22.6 Å². The number of hydrogen-bond donors (Lipinski definition) is 1. The Hall–Kier alpha value is 0.862. The summed E-state index contributed by atoms with van der Waals surface area (Å²) >= 11 is 1.64. The molecule has 0 heterocycles. The zero-order valence-electron chi connectivity index (χ0n) is 3.52. The maximum Gasteiger partial charge on any atom is 0.341 e. The Kier molecular flexibility index (Phi) is 7.71. The summed E-state index contributed by atoms with van der Waals surface area (Å²) in [5.41, 5.74) is 0. The molecule has 37 valence electrons. The minimum Gasteiger partial charge on any atom is -0.477 e. The van der Waals surface area contributed by atoms with E-state index in [4.69, 9.17) is 5.11 Å². The van der Waals surface area contributed by atoms with E-state index < -0.39 is 5.97 Å². The molecule has 0 aliphatic rings. The Morgan fingerprint density at radius 2 is 1.86 bits per heavy atom. The van der Waals surface area contributed by atoms with Crippen molar-refractivity contribution in [3.05, 3.63) is 10.2 Å². The van der Waals surface area contributed by atoms with Gasteiger partial charge in [0.05, 0.1) is 3.58 Å². The summed E-state index contributed by atoms with van der Waals surface area (Å²) in [7, 11) is 0. The summed E-state index contributed by atoms with van der Waals surface area (Å²) in [5, 5.41) is 7.88. The molecule has 0 saturated heterocycles. The van der Waals surface area contributed by atoms with E-state index in [-0.39, 0.29) is 30.9 Å². The van der Waals surface area contributed by atoms with Gasteiger partial charge in [0.25, 0.3) is 0 Å². The van der Waals surface area contributed by atoms with Gasteiger partial charge in [-0.25, -0.2) is 4.79 Å². The average Bonchev–Trinajstić information content (AvgIpc) is 1.36. The van der Waals surface area contributed by atoms with Crippen LogP contribution in [0, 0.1) is 0 Å². The van der Waals surface area contributed by atoms with Gasteiger partial charge >= 0.3 is 5.97 Å². The van der Waals surface area contributed by atoms with Crippen molar-refractivity contribution in [2.45, 2.75) is 0 Å². The van der Waals surface area contributed by atoms with Crippen molar-refractivity contribution < 1.29 is 9.90 Å². The first-order chi connectivity index (χ1) is 2.64. The molecule has 0 spiro atoms. The van der Waals surface area contributed by atoms with Crippen LogP contribution in [0.3, 0.4) is 0 Å². The Morgan fingerprint density at radius 3 is 1.86 bits per heavy atom. The van der Waals surface area contributed by atoms with Gasteiger partial charge < -0.3 is 5.11 Å². The maximum atomic E-state index is 9.59. The molecule has 4 heteroatoms. The van der Waals surface area contributed by atoms with Crippen LogP contribution in [-0.2, 0) is 4.79 Å². The van der Waals surface area contributed by atoms with E-state index in [9.17, 15) is 4.79 Å². The van der Waals surface area contributed by atoms with E-state index in [0.29, 0.717) is 0 Å². The van der Waals surface area contributed by atoms with Gasteiger partial charge in [-0.15, -0.1) is 0 Å². The van der Waals surface area contributed by atoms with Gasteiger partial charge in [-0.2, -0.15) is 0 Å². The summed E-state index contributed by atoms with van der Waals surface area (Å²) in [4.78, 5) is 9.59. The quantitative estimate of drug-likeness (QED) is 0.397. The molecule has 0 aromatic rings. The first kappa shape index (κ1) is 10.8. The third-order valence-corrected chi connectivity index (χ3v) is 0.693. The molecule has 0 aromatic carbocycles. The topological polar surface area (TPSA) is 37.3 Å². The molecule has 7 heavy (non-hydrogen) atoms. The molecule has 0 aliphatic carbocycles. The van der Waals surface area contributed by atoms with Crippen molar-refractivity contribution in [1.82, 2.24) is 0 Å². The third kappa shape index (κ3) is 6.86. The number of halogens is 1. The number of aliphatic carboxylic acids is 1. The van der Waals surface area contributed by atoms with Crippen LogP contribution in [0.1, 0.15) is 0 Å². The molecule has 0 rings (SSSR count). The van der Waals surface area contributed by atoms with Gasteiger partial charge in [-0.1, -0.05) is 6.58 Å². The van der Waals surface area contributed by atoms with E-state index in [1.807, 2.05) is 0 Å². The molecule has 1 N–H and O–H groups in total. The van der Waals surface area contributed by atoms with Gasteiger partial charge in [0.1, 0.15) is 0 Å². The molecule has 0 aromatic heterocycles. The number of carbonyl (C=O) groups is 1. The van der Waals surface area contributed by atoms with Gasteiger partial charge in [0.15, 0.2) is 0 Å². The molecule has 0 aliphatic heterocycles. The largest absolute Gasteiger partial charge is 0.477 e. The van der Waals surface area contributed by atoms with Crippen LogP contribution in [0.4, 0.5) is 0 Å². The summed E-state index contributed by atoms with van der Waals surface area (Å²) < 4.78 is 0.146. The predicted octanol–water partition coefficient (Wildman–Crippen LogP) is 0.639. The molecule has 0 fully saturated rings. The zero-order chi connectivity index (χ0) is 5.15. The van der Waals surface area contributed by atoms with Crippen molar-refractivity contribution in [1.29, 1.82) is 0 Å². The van der Waals surface area contributed by atoms with Crippen LogP contribution < -0.4 is 0 Å². The van der Waals surface area contributed by atoms with E-state index in [2.05, 4.69) is 6.58 Å². The molecule has 2 nitrogen and oxygen atoms in total. The van der Waals surface area contributed by atoms with Crippen LogP contribution in [0.15, 0.2) is 10.2 Å². The van der Waals surface area contributed by atoms with E-state index in [0.717, 1.165) is 0 Å². The van der Waals surface area contributed by atoms with E-state index >= 15 is 0 Å². The third-order valence-electron chi connectivity index (χ3n) is 0.232. The zero-order valence-corrected chi connectivity index (χ0v) is 10.2. The van der Waals surface area contributed by atoms with E-state index in [1.165, 1.54) is 0 Å². The fourth-order valence-corrected chi connectivity index (χ4v) is 0. The second-order valence-electron chi connectivity index (χ2n) is 0.710. The van der Waals surface area contributed by atoms with Crippen LogP contribution in [0.25, 0.3) is 0 Å². The Morgan fingerprint density at radius 1 is 1.71 bits per heavy atom. The van der Waals surface area contributed by atoms with Crippen molar-refractivity contribution in [3.8, 4) is 0 Å². The first-order valence-corrected chi connectivity index (χ1v) is 2.30. The molecule has 0 amide bonds. The molecule has 1 radical (unpaired) electrons. The van der Waals surface area contributed by atoms with Crippen LogP contribution in [-0.4, -0.2) is 38.4 Å². The van der Waals surface area contributed by atoms with Crippen LogP contribution in [0.2, 0.25) is 0 Å². The second kappa shape index (κ2) is 5.01. The standard InChI is InChI=1S/C3H3IO2.Tl/c1-2(4)3(5)6;/h1H2,(H,5,6);. The number of carboxylic acid groups (broad SMARTS) is 1. The van der Waals surface area contributed by atoms with Crippen LogP contribution in [0.5, 0.6) is 0 Å². The van der Waals surface area contributed by atoms with E-state index in [1.54, 1.807) is 22.6 Å². The van der Waals surface area contributed by atoms with Crippen molar-refractivity contribution >= 4 is 55.9 Å². The molecule has 0 atom stereocenters. The maximum absolute atomic E-state index is 9.59. The minimum atomic E-state index is -0.949. The molecule has 0 bridgehead atoms. The van der Waals surface area contributed by atoms with Crippen molar-refractivity contribution in [2.75, 3.05) is 0 Å². The first-order valence-electron chi connectivity index (χ1n) is 1.22. The van der Waals surface area contributed by atoms with Crippen molar-refractivity contribution in [2.24, 2.45) is 0 Å². The summed E-state index contributed by atoms with van der Waals surface area (Å²) in [5.74, 6) is -0.949. The molecule has 0 unspecified atom stereocenters. The number of carboxylic acids is 1. The van der Waals surface area contributed by atoms with Gasteiger partial charge in [0.2, 0.25) is 0 Å².